The molecule has 0 unspecified atom stereocenters. The Balaban J connectivity index is 1.36. The maximum Gasteiger partial charge on any atom is 0.416 e. The second-order valence-electron chi connectivity index (χ2n) is 9.55. The van der Waals surface area contributed by atoms with E-state index in [0.717, 1.165) is 30.6 Å². The summed E-state index contributed by atoms with van der Waals surface area (Å²) in [5.74, 6) is -0.0105. The number of carbonyl (C=O) groups is 2. The highest BCUT2D eigenvalue weighted by Gasteiger charge is 2.32. The van der Waals surface area contributed by atoms with Crippen molar-refractivity contribution in [3.8, 4) is 17.2 Å². The predicted molar refractivity (Wildman–Crippen MR) is 148 cm³/mol. The summed E-state index contributed by atoms with van der Waals surface area (Å²) in [6.45, 7) is 1.45. The van der Waals surface area contributed by atoms with Gasteiger partial charge in [0.2, 0.25) is 0 Å². The number of carbonyl (C=O) groups excluding carboxylic acids is 2. The molecule has 1 aromatic heterocycles. The lowest BCUT2D eigenvalue weighted by Crippen LogP contribution is -2.34. The van der Waals surface area contributed by atoms with E-state index in [1.807, 2.05) is 6.07 Å². The van der Waals surface area contributed by atoms with Crippen LogP contribution in [0.15, 0.2) is 72.9 Å². The third-order valence-corrected chi connectivity index (χ3v) is 6.58. The van der Waals surface area contributed by atoms with E-state index in [4.69, 9.17) is 9.47 Å². The van der Waals surface area contributed by atoms with Gasteiger partial charge in [-0.1, -0.05) is 12.1 Å². The van der Waals surface area contributed by atoms with Crippen molar-refractivity contribution in [2.24, 2.45) is 0 Å². The third kappa shape index (κ3) is 6.93. The first kappa shape index (κ1) is 27.9. The standard InChI is InChI=1S/C30H27F3N4O4/c1-34-29(39)27-17-25(8-11-36-27)41-24-5-4-18-2-3-19(12-20(18)13-24)28(38)37-22-14-21(30(31,32)33)15-26(16-22)40-23-6-9-35-10-7-23/h2-5,8,11-17,23,35H,6-7,9-10H2,1H3,(H,34,39)(H,37,38). The number of alkyl halides is 3. The van der Waals surface area contributed by atoms with Crippen LogP contribution in [0.3, 0.4) is 0 Å². The van der Waals surface area contributed by atoms with Gasteiger partial charge < -0.3 is 25.4 Å². The van der Waals surface area contributed by atoms with Crippen LogP contribution in [0.25, 0.3) is 10.8 Å². The van der Waals surface area contributed by atoms with Crippen molar-refractivity contribution in [3.05, 3.63) is 89.7 Å². The number of nitrogens with zero attached hydrogens (tertiary/aromatic N) is 1. The molecule has 3 N–H and O–H groups in total. The van der Waals surface area contributed by atoms with E-state index in [1.54, 1.807) is 36.4 Å². The van der Waals surface area contributed by atoms with Crippen molar-refractivity contribution in [1.29, 1.82) is 0 Å². The molecule has 2 amide bonds. The van der Waals surface area contributed by atoms with Crippen LogP contribution in [0.2, 0.25) is 0 Å². The highest BCUT2D eigenvalue weighted by molar-refractivity contribution is 6.06. The molecule has 11 heteroatoms. The zero-order valence-electron chi connectivity index (χ0n) is 22.0. The second kappa shape index (κ2) is 11.8. The van der Waals surface area contributed by atoms with Crippen LogP contribution in [0.1, 0.15) is 39.3 Å². The summed E-state index contributed by atoms with van der Waals surface area (Å²) < 4.78 is 52.6. The lowest BCUT2D eigenvalue weighted by molar-refractivity contribution is -0.137. The summed E-state index contributed by atoms with van der Waals surface area (Å²) in [4.78, 5) is 29.0. The van der Waals surface area contributed by atoms with Gasteiger partial charge in [-0.05, 0) is 79.2 Å². The molecular formula is C30H27F3N4O4. The first-order valence-corrected chi connectivity index (χ1v) is 13.0. The van der Waals surface area contributed by atoms with Crippen LogP contribution in [0, 0.1) is 0 Å². The van der Waals surface area contributed by atoms with Crippen molar-refractivity contribution in [1.82, 2.24) is 15.6 Å². The molecule has 1 aliphatic heterocycles. The Kier molecular flexibility index (Phi) is 8.06. The summed E-state index contributed by atoms with van der Waals surface area (Å²) in [5, 5.41) is 9.77. The average molecular weight is 565 g/mol. The van der Waals surface area contributed by atoms with Gasteiger partial charge in [0.05, 0.1) is 5.56 Å². The molecule has 1 aliphatic rings. The van der Waals surface area contributed by atoms with Gasteiger partial charge in [-0.3, -0.25) is 14.6 Å². The fraction of sp³-hybridized carbons (Fsp3) is 0.233. The first-order chi connectivity index (χ1) is 19.7. The van der Waals surface area contributed by atoms with E-state index < -0.39 is 17.6 Å². The van der Waals surface area contributed by atoms with Crippen molar-refractivity contribution in [3.63, 3.8) is 0 Å². The molecule has 41 heavy (non-hydrogen) atoms. The zero-order chi connectivity index (χ0) is 29.0. The normalized spacial score (nSPS) is 14.0. The topological polar surface area (TPSA) is 102 Å². The van der Waals surface area contributed by atoms with Crippen molar-refractivity contribution in [2.45, 2.75) is 25.1 Å². The Morgan fingerprint density at radius 3 is 2.39 bits per heavy atom. The zero-order valence-corrected chi connectivity index (χ0v) is 22.0. The van der Waals surface area contributed by atoms with E-state index in [9.17, 15) is 22.8 Å². The summed E-state index contributed by atoms with van der Waals surface area (Å²) in [7, 11) is 1.50. The number of ether oxygens (including phenoxy) is 2. The highest BCUT2D eigenvalue weighted by atomic mass is 19.4. The SMILES string of the molecule is CNC(=O)c1cc(Oc2ccc3ccc(C(=O)Nc4cc(OC5CCNCC5)cc(C(F)(F)F)c4)cc3c2)ccn1. The Morgan fingerprint density at radius 1 is 0.878 bits per heavy atom. The monoisotopic (exact) mass is 564 g/mol. The van der Waals surface area contributed by atoms with Gasteiger partial charge in [-0.15, -0.1) is 0 Å². The van der Waals surface area contributed by atoms with E-state index in [-0.39, 0.29) is 34.7 Å². The molecule has 0 radical (unpaired) electrons. The smallest absolute Gasteiger partial charge is 0.416 e. The Morgan fingerprint density at radius 2 is 1.63 bits per heavy atom. The minimum Gasteiger partial charge on any atom is -0.490 e. The molecule has 3 aromatic carbocycles. The minimum absolute atomic E-state index is 0.0180. The number of anilines is 1. The van der Waals surface area contributed by atoms with Crippen LogP contribution in [0.5, 0.6) is 17.2 Å². The number of rotatable bonds is 7. The van der Waals surface area contributed by atoms with Crippen LogP contribution in [-0.4, -0.2) is 43.0 Å². The Hall–Kier alpha value is -4.64. The molecule has 1 saturated heterocycles. The molecule has 4 aromatic rings. The van der Waals surface area contributed by atoms with Gasteiger partial charge in [-0.2, -0.15) is 13.2 Å². The highest BCUT2D eigenvalue weighted by Crippen LogP contribution is 2.35. The van der Waals surface area contributed by atoms with Crippen LogP contribution < -0.4 is 25.4 Å². The van der Waals surface area contributed by atoms with Crippen molar-refractivity contribution in [2.75, 3.05) is 25.5 Å². The number of fused-ring (bicyclic) bond motifs is 1. The largest absolute Gasteiger partial charge is 0.490 e. The fourth-order valence-electron chi connectivity index (χ4n) is 4.50. The summed E-state index contributed by atoms with van der Waals surface area (Å²) >= 11 is 0. The molecule has 212 valence electrons. The Bertz CT molecular complexity index is 1590. The van der Waals surface area contributed by atoms with E-state index in [2.05, 4.69) is 20.9 Å². The number of hydrogen-bond donors (Lipinski definition) is 3. The quantitative estimate of drug-likeness (QED) is 0.263. The van der Waals surface area contributed by atoms with E-state index >= 15 is 0 Å². The number of pyridine rings is 1. The van der Waals surface area contributed by atoms with Gasteiger partial charge in [0.25, 0.3) is 11.8 Å². The summed E-state index contributed by atoms with van der Waals surface area (Å²) in [6, 6.07) is 16.6. The maximum absolute atomic E-state index is 13.6. The minimum atomic E-state index is -4.61. The molecule has 0 spiro atoms. The summed E-state index contributed by atoms with van der Waals surface area (Å²) in [6.07, 6.45) is -2.00. The fourth-order valence-corrected chi connectivity index (χ4v) is 4.50. The lowest BCUT2D eigenvalue weighted by atomic mass is 10.1. The second-order valence-corrected chi connectivity index (χ2v) is 9.55. The molecule has 2 heterocycles. The average Bonchev–Trinajstić information content (AvgIpc) is 2.96. The molecule has 0 saturated carbocycles. The number of nitrogens with one attached hydrogen (secondary N) is 3. The number of hydrogen-bond acceptors (Lipinski definition) is 6. The van der Waals surface area contributed by atoms with Gasteiger partial charge in [0, 0.05) is 36.6 Å². The molecule has 5 rings (SSSR count). The first-order valence-electron chi connectivity index (χ1n) is 13.0. The summed E-state index contributed by atoms with van der Waals surface area (Å²) in [5.41, 5.74) is -0.479. The number of piperidine rings is 1. The van der Waals surface area contributed by atoms with Gasteiger partial charge in [0.1, 0.15) is 29.0 Å². The number of benzene rings is 3. The van der Waals surface area contributed by atoms with Crippen LogP contribution in [0.4, 0.5) is 18.9 Å². The van der Waals surface area contributed by atoms with E-state index in [1.165, 1.54) is 25.4 Å². The molecule has 0 aliphatic carbocycles. The lowest BCUT2D eigenvalue weighted by Gasteiger charge is -2.24. The van der Waals surface area contributed by atoms with E-state index in [0.29, 0.717) is 29.7 Å². The number of aromatic nitrogens is 1. The van der Waals surface area contributed by atoms with Gasteiger partial charge in [-0.25, -0.2) is 0 Å². The Labute approximate surface area is 233 Å². The van der Waals surface area contributed by atoms with Crippen LogP contribution in [-0.2, 0) is 6.18 Å². The third-order valence-electron chi connectivity index (χ3n) is 6.58. The number of amides is 2. The van der Waals surface area contributed by atoms with Crippen LogP contribution >= 0.6 is 0 Å². The molecular weight excluding hydrogens is 537 g/mol. The molecule has 0 atom stereocenters. The van der Waals surface area contributed by atoms with Crippen molar-refractivity contribution < 1.29 is 32.2 Å². The maximum atomic E-state index is 13.6. The molecule has 1 fully saturated rings. The van der Waals surface area contributed by atoms with Crippen molar-refractivity contribution >= 4 is 28.3 Å². The predicted octanol–water partition coefficient (Wildman–Crippen LogP) is 5.79. The number of halogens is 3. The molecule has 0 bridgehead atoms. The van der Waals surface area contributed by atoms with Gasteiger partial charge in [0.15, 0.2) is 0 Å². The molecule has 8 nitrogen and oxygen atoms in total. The van der Waals surface area contributed by atoms with Gasteiger partial charge >= 0.3 is 6.18 Å².